The molecular weight excluding hydrogens is 242 g/mol. The molecule has 19 heavy (non-hydrogen) atoms. The van der Waals surface area contributed by atoms with Crippen molar-refractivity contribution in [2.45, 2.75) is 19.6 Å². The fraction of sp³-hybridized carbons (Fsp3) is 0.500. The molecular formula is C14H21N3O2. The molecule has 1 atom stereocenters. The number of aliphatic hydroxyl groups is 1. The van der Waals surface area contributed by atoms with Crippen LogP contribution in [-0.2, 0) is 11.3 Å². The second-order valence-corrected chi connectivity index (χ2v) is 4.96. The molecule has 5 heteroatoms. The Bertz CT molecular complexity index is 538. The van der Waals surface area contributed by atoms with Crippen molar-refractivity contribution in [3.8, 4) is 0 Å². The first-order valence-electron chi connectivity index (χ1n) is 6.39. The minimum atomic E-state index is -0.464. The third kappa shape index (κ3) is 3.53. The molecule has 104 valence electrons. The van der Waals surface area contributed by atoms with E-state index in [1.807, 2.05) is 34.8 Å². The van der Waals surface area contributed by atoms with Crippen molar-refractivity contribution >= 4 is 5.65 Å². The number of aryl methyl sites for hydroxylation is 1. The van der Waals surface area contributed by atoms with Crippen LogP contribution in [0.25, 0.3) is 5.65 Å². The predicted octanol–water partition coefficient (Wildman–Crippen LogP) is 1.08. The molecule has 0 aliphatic heterocycles. The second kappa shape index (κ2) is 6.14. The monoisotopic (exact) mass is 263 g/mol. The smallest absolute Gasteiger partial charge is 0.139 e. The van der Waals surface area contributed by atoms with Gasteiger partial charge in [-0.25, -0.2) is 4.98 Å². The first-order valence-corrected chi connectivity index (χ1v) is 6.39. The number of aliphatic hydroxyl groups excluding tert-OH is 1. The molecule has 1 unspecified atom stereocenters. The van der Waals surface area contributed by atoms with Gasteiger partial charge in [0.05, 0.1) is 18.4 Å². The molecule has 2 aromatic heterocycles. The van der Waals surface area contributed by atoms with Crippen LogP contribution in [0.15, 0.2) is 24.5 Å². The van der Waals surface area contributed by atoms with Crippen molar-refractivity contribution in [3.63, 3.8) is 0 Å². The van der Waals surface area contributed by atoms with Crippen LogP contribution < -0.4 is 0 Å². The van der Waals surface area contributed by atoms with E-state index >= 15 is 0 Å². The number of methoxy groups -OCH3 is 1. The highest BCUT2D eigenvalue weighted by atomic mass is 16.5. The van der Waals surface area contributed by atoms with Gasteiger partial charge in [0.15, 0.2) is 0 Å². The molecule has 0 amide bonds. The summed E-state index contributed by atoms with van der Waals surface area (Å²) in [6.07, 6.45) is 3.56. The number of likely N-dealkylation sites (N-methyl/N-ethyl adjacent to an activating group) is 1. The van der Waals surface area contributed by atoms with Crippen molar-refractivity contribution in [2.75, 3.05) is 27.3 Å². The van der Waals surface area contributed by atoms with E-state index in [0.717, 1.165) is 16.9 Å². The fourth-order valence-electron chi connectivity index (χ4n) is 2.23. The molecule has 0 spiro atoms. The van der Waals surface area contributed by atoms with E-state index in [4.69, 9.17) is 4.74 Å². The van der Waals surface area contributed by atoms with E-state index in [9.17, 15) is 5.11 Å². The topological polar surface area (TPSA) is 50.0 Å². The van der Waals surface area contributed by atoms with Gasteiger partial charge in [0.2, 0.25) is 0 Å². The van der Waals surface area contributed by atoms with Gasteiger partial charge >= 0.3 is 0 Å². The van der Waals surface area contributed by atoms with Crippen molar-refractivity contribution in [1.82, 2.24) is 14.3 Å². The summed E-state index contributed by atoms with van der Waals surface area (Å²) in [6.45, 7) is 3.69. The van der Waals surface area contributed by atoms with Gasteiger partial charge < -0.3 is 14.2 Å². The number of ether oxygens (including phenoxy) is 1. The third-order valence-electron chi connectivity index (χ3n) is 3.04. The highest BCUT2D eigenvalue weighted by Crippen LogP contribution is 2.11. The van der Waals surface area contributed by atoms with Crippen LogP contribution in [-0.4, -0.2) is 52.8 Å². The van der Waals surface area contributed by atoms with Crippen molar-refractivity contribution in [3.05, 3.63) is 35.8 Å². The minimum Gasteiger partial charge on any atom is -0.389 e. The van der Waals surface area contributed by atoms with Crippen LogP contribution in [0.1, 0.15) is 11.3 Å². The molecule has 0 saturated carbocycles. The summed E-state index contributed by atoms with van der Waals surface area (Å²) in [5.74, 6) is 0. The molecule has 0 radical (unpaired) electrons. The van der Waals surface area contributed by atoms with Crippen LogP contribution in [0.4, 0.5) is 0 Å². The Balaban J connectivity index is 2.03. The molecule has 2 rings (SSSR count). The lowest BCUT2D eigenvalue weighted by Gasteiger charge is -2.18. The zero-order chi connectivity index (χ0) is 13.8. The van der Waals surface area contributed by atoms with Gasteiger partial charge in [-0.05, 0) is 25.6 Å². The highest BCUT2D eigenvalue weighted by molar-refractivity contribution is 5.47. The maximum atomic E-state index is 9.69. The number of aromatic nitrogens is 2. The Morgan fingerprint density at radius 1 is 1.53 bits per heavy atom. The number of pyridine rings is 1. The van der Waals surface area contributed by atoms with E-state index in [1.165, 1.54) is 0 Å². The van der Waals surface area contributed by atoms with E-state index in [-0.39, 0.29) is 0 Å². The lowest BCUT2D eigenvalue weighted by atomic mass is 10.3. The summed E-state index contributed by atoms with van der Waals surface area (Å²) in [5, 5.41) is 9.69. The largest absolute Gasteiger partial charge is 0.389 e. The second-order valence-electron chi connectivity index (χ2n) is 4.96. The standard InChI is InChI=1S/C14H21N3O2/c1-11-5-4-6-17-8-12(15-14(11)17)7-16(2)9-13(18)10-19-3/h4-6,8,13,18H,7,9-10H2,1-3H3. The SMILES string of the molecule is COCC(O)CN(C)Cc1cn2cccc(C)c2n1. The zero-order valence-corrected chi connectivity index (χ0v) is 11.7. The van der Waals surface area contributed by atoms with Gasteiger partial charge in [-0.2, -0.15) is 0 Å². The van der Waals surface area contributed by atoms with Crippen LogP contribution in [0, 0.1) is 6.92 Å². The molecule has 0 aliphatic rings. The van der Waals surface area contributed by atoms with Gasteiger partial charge in [-0.1, -0.05) is 6.07 Å². The van der Waals surface area contributed by atoms with Gasteiger partial charge in [0, 0.05) is 32.6 Å². The number of imidazole rings is 1. The quantitative estimate of drug-likeness (QED) is 0.847. The Hall–Kier alpha value is -1.43. The van der Waals surface area contributed by atoms with E-state index in [0.29, 0.717) is 19.7 Å². The molecule has 0 aliphatic carbocycles. The number of fused-ring (bicyclic) bond motifs is 1. The maximum absolute atomic E-state index is 9.69. The number of nitrogens with zero attached hydrogens (tertiary/aromatic N) is 3. The van der Waals surface area contributed by atoms with Crippen molar-refractivity contribution in [2.24, 2.45) is 0 Å². The normalized spacial score (nSPS) is 13.3. The van der Waals surface area contributed by atoms with Gasteiger partial charge in [-0.15, -0.1) is 0 Å². The fourth-order valence-corrected chi connectivity index (χ4v) is 2.23. The molecule has 5 nitrogen and oxygen atoms in total. The third-order valence-corrected chi connectivity index (χ3v) is 3.04. The summed E-state index contributed by atoms with van der Waals surface area (Å²) in [5.41, 5.74) is 3.15. The van der Waals surface area contributed by atoms with Crippen molar-refractivity contribution in [1.29, 1.82) is 0 Å². The average molecular weight is 263 g/mol. The molecule has 0 saturated heterocycles. The van der Waals surface area contributed by atoms with Gasteiger partial charge in [-0.3, -0.25) is 4.90 Å². The number of rotatable bonds is 6. The predicted molar refractivity (Wildman–Crippen MR) is 74.1 cm³/mol. The Morgan fingerprint density at radius 2 is 2.32 bits per heavy atom. The number of hydrogen-bond acceptors (Lipinski definition) is 4. The van der Waals surface area contributed by atoms with Crippen LogP contribution in [0.3, 0.4) is 0 Å². The summed E-state index contributed by atoms with van der Waals surface area (Å²) in [6, 6.07) is 4.07. The molecule has 2 aromatic rings. The van der Waals surface area contributed by atoms with Crippen LogP contribution in [0.2, 0.25) is 0 Å². The summed E-state index contributed by atoms with van der Waals surface area (Å²) < 4.78 is 6.95. The maximum Gasteiger partial charge on any atom is 0.139 e. The lowest BCUT2D eigenvalue weighted by molar-refractivity contribution is 0.0417. The first kappa shape index (κ1) is 14.0. The van der Waals surface area contributed by atoms with Gasteiger partial charge in [0.25, 0.3) is 0 Å². The Kier molecular flexibility index (Phi) is 4.52. The van der Waals surface area contributed by atoms with Crippen LogP contribution >= 0.6 is 0 Å². The van der Waals surface area contributed by atoms with E-state index in [1.54, 1.807) is 7.11 Å². The molecule has 0 aromatic carbocycles. The molecule has 1 N–H and O–H groups in total. The summed E-state index contributed by atoms with van der Waals surface area (Å²) >= 11 is 0. The number of hydrogen-bond donors (Lipinski definition) is 1. The molecule has 0 fully saturated rings. The van der Waals surface area contributed by atoms with Crippen molar-refractivity contribution < 1.29 is 9.84 Å². The van der Waals surface area contributed by atoms with E-state index < -0.39 is 6.10 Å². The first-order chi connectivity index (χ1) is 9.10. The molecule has 2 heterocycles. The Labute approximate surface area is 113 Å². The summed E-state index contributed by atoms with van der Waals surface area (Å²) in [4.78, 5) is 6.66. The lowest BCUT2D eigenvalue weighted by Crippen LogP contribution is -2.31. The minimum absolute atomic E-state index is 0.356. The van der Waals surface area contributed by atoms with Crippen LogP contribution in [0.5, 0.6) is 0 Å². The van der Waals surface area contributed by atoms with Gasteiger partial charge in [0.1, 0.15) is 5.65 Å². The molecule has 0 bridgehead atoms. The average Bonchev–Trinajstić information content (AvgIpc) is 2.72. The van der Waals surface area contributed by atoms with E-state index in [2.05, 4.69) is 18.0 Å². The highest BCUT2D eigenvalue weighted by Gasteiger charge is 2.10. The summed E-state index contributed by atoms with van der Waals surface area (Å²) in [7, 11) is 3.56. The zero-order valence-electron chi connectivity index (χ0n) is 11.7. The Morgan fingerprint density at radius 3 is 3.00 bits per heavy atom.